The SMILES string of the molecule is Cc1nc(-c2cnc3cccc(CN4CCCC4)n23)cs1. The molecule has 3 aromatic heterocycles. The quantitative estimate of drug-likeness (QED) is 0.743. The first kappa shape index (κ1) is 13.0. The van der Waals surface area contributed by atoms with Gasteiger partial charge < -0.3 is 0 Å². The molecule has 0 atom stereocenters. The molecule has 0 spiro atoms. The molecule has 21 heavy (non-hydrogen) atoms. The smallest absolute Gasteiger partial charge is 0.137 e. The fraction of sp³-hybridized carbons (Fsp3) is 0.375. The normalized spacial score (nSPS) is 16.0. The van der Waals surface area contributed by atoms with Crippen molar-refractivity contribution >= 4 is 17.0 Å². The molecule has 1 aliphatic heterocycles. The highest BCUT2D eigenvalue weighted by Crippen LogP contribution is 2.25. The van der Waals surface area contributed by atoms with Crippen LogP contribution in [0.25, 0.3) is 17.0 Å². The third-order valence-corrected chi connectivity index (χ3v) is 4.85. The molecule has 1 fully saturated rings. The number of fused-ring (bicyclic) bond motifs is 1. The van der Waals surface area contributed by atoms with Crippen molar-refractivity contribution in [2.24, 2.45) is 0 Å². The minimum Gasteiger partial charge on any atom is -0.298 e. The Morgan fingerprint density at radius 3 is 2.86 bits per heavy atom. The van der Waals surface area contributed by atoms with Gasteiger partial charge in [0.05, 0.1) is 22.6 Å². The molecule has 0 saturated carbocycles. The van der Waals surface area contributed by atoms with E-state index in [0.717, 1.165) is 28.6 Å². The van der Waals surface area contributed by atoms with Gasteiger partial charge in [0.2, 0.25) is 0 Å². The number of likely N-dealkylation sites (tertiary alicyclic amines) is 1. The van der Waals surface area contributed by atoms with E-state index < -0.39 is 0 Å². The summed E-state index contributed by atoms with van der Waals surface area (Å²) in [4.78, 5) is 11.7. The Balaban J connectivity index is 1.80. The first-order valence-corrected chi connectivity index (χ1v) is 8.29. The highest BCUT2D eigenvalue weighted by molar-refractivity contribution is 7.09. The number of rotatable bonds is 3. The molecular weight excluding hydrogens is 280 g/mol. The standard InChI is InChI=1S/C16H18N4S/c1-12-18-14(11-21-12)15-9-17-16-6-4-5-13(20(15)16)10-19-7-2-3-8-19/h4-6,9,11H,2-3,7-8,10H2,1H3. The van der Waals surface area contributed by atoms with Crippen molar-refractivity contribution in [1.29, 1.82) is 0 Å². The molecule has 0 N–H and O–H groups in total. The van der Waals surface area contributed by atoms with Crippen LogP contribution in [-0.4, -0.2) is 32.4 Å². The van der Waals surface area contributed by atoms with E-state index in [2.05, 4.69) is 42.8 Å². The fourth-order valence-corrected chi connectivity index (χ4v) is 3.67. The molecule has 1 aliphatic rings. The van der Waals surface area contributed by atoms with Gasteiger partial charge in [-0.05, 0) is 45.0 Å². The van der Waals surface area contributed by atoms with E-state index in [1.165, 1.54) is 31.6 Å². The van der Waals surface area contributed by atoms with Crippen LogP contribution in [0.15, 0.2) is 29.8 Å². The minimum atomic E-state index is 0.990. The maximum Gasteiger partial charge on any atom is 0.137 e. The van der Waals surface area contributed by atoms with Crippen LogP contribution in [0.3, 0.4) is 0 Å². The highest BCUT2D eigenvalue weighted by Gasteiger charge is 2.16. The zero-order valence-corrected chi connectivity index (χ0v) is 12.9. The van der Waals surface area contributed by atoms with Gasteiger partial charge >= 0.3 is 0 Å². The van der Waals surface area contributed by atoms with Crippen LogP contribution in [0, 0.1) is 6.92 Å². The number of aromatic nitrogens is 3. The van der Waals surface area contributed by atoms with E-state index in [0.29, 0.717) is 0 Å². The van der Waals surface area contributed by atoms with Crippen LogP contribution < -0.4 is 0 Å². The molecule has 0 aromatic carbocycles. The van der Waals surface area contributed by atoms with Gasteiger partial charge in [0, 0.05) is 17.6 Å². The fourth-order valence-electron chi connectivity index (χ4n) is 3.06. The molecule has 108 valence electrons. The lowest BCUT2D eigenvalue weighted by Crippen LogP contribution is -2.20. The highest BCUT2D eigenvalue weighted by atomic mass is 32.1. The maximum atomic E-state index is 4.62. The van der Waals surface area contributed by atoms with Gasteiger partial charge in [0.15, 0.2) is 0 Å². The van der Waals surface area contributed by atoms with E-state index >= 15 is 0 Å². The second-order valence-corrected chi connectivity index (χ2v) is 6.65. The lowest BCUT2D eigenvalue weighted by molar-refractivity contribution is 0.326. The van der Waals surface area contributed by atoms with Crippen molar-refractivity contribution < 1.29 is 0 Å². The van der Waals surface area contributed by atoms with E-state index in [1.54, 1.807) is 11.3 Å². The van der Waals surface area contributed by atoms with Gasteiger partial charge in [-0.2, -0.15) is 0 Å². The topological polar surface area (TPSA) is 33.4 Å². The van der Waals surface area contributed by atoms with Crippen molar-refractivity contribution in [3.05, 3.63) is 40.5 Å². The molecule has 0 unspecified atom stereocenters. The third-order valence-electron chi connectivity index (χ3n) is 4.08. The summed E-state index contributed by atoms with van der Waals surface area (Å²) >= 11 is 1.69. The van der Waals surface area contributed by atoms with E-state index in [9.17, 15) is 0 Å². The van der Waals surface area contributed by atoms with Gasteiger partial charge in [0.25, 0.3) is 0 Å². The van der Waals surface area contributed by atoms with Gasteiger partial charge in [-0.1, -0.05) is 6.07 Å². The molecule has 0 aliphatic carbocycles. The van der Waals surface area contributed by atoms with Crippen molar-refractivity contribution in [1.82, 2.24) is 19.3 Å². The van der Waals surface area contributed by atoms with E-state index in [1.807, 2.05) is 13.1 Å². The number of hydrogen-bond acceptors (Lipinski definition) is 4. The zero-order valence-electron chi connectivity index (χ0n) is 12.1. The first-order chi connectivity index (χ1) is 10.3. The molecule has 1 saturated heterocycles. The summed E-state index contributed by atoms with van der Waals surface area (Å²) in [7, 11) is 0. The zero-order chi connectivity index (χ0) is 14.2. The predicted molar refractivity (Wildman–Crippen MR) is 85.5 cm³/mol. The summed E-state index contributed by atoms with van der Waals surface area (Å²) in [6.45, 7) is 5.44. The second kappa shape index (κ2) is 5.24. The lowest BCUT2D eigenvalue weighted by Gasteiger charge is -2.16. The maximum absolute atomic E-state index is 4.62. The number of imidazole rings is 1. The molecule has 4 heterocycles. The van der Waals surface area contributed by atoms with Gasteiger partial charge in [-0.15, -0.1) is 11.3 Å². The van der Waals surface area contributed by atoms with Crippen LogP contribution in [-0.2, 0) is 6.54 Å². The van der Waals surface area contributed by atoms with Crippen molar-refractivity contribution in [3.63, 3.8) is 0 Å². The summed E-state index contributed by atoms with van der Waals surface area (Å²) in [6.07, 6.45) is 4.58. The summed E-state index contributed by atoms with van der Waals surface area (Å²) in [6, 6.07) is 6.37. The van der Waals surface area contributed by atoms with Crippen molar-refractivity contribution in [2.75, 3.05) is 13.1 Å². The summed E-state index contributed by atoms with van der Waals surface area (Å²) < 4.78 is 2.26. The first-order valence-electron chi connectivity index (χ1n) is 7.41. The van der Waals surface area contributed by atoms with Crippen LogP contribution in [0.1, 0.15) is 23.5 Å². The van der Waals surface area contributed by atoms with Gasteiger partial charge in [-0.25, -0.2) is 9.97 Å². The Labute approximate surface area is 128 Å². The van der Waals surface area contributed by atoms with Gasteiger partial charge in [-0.3, -0.25) is 9.30 Å². The molecule has 0 bridgehead atoms. The molecule has 4 rings (SSSR count). The molecule has 0 radical (unpaired) electrons. The Hall–Kier alpha value is -1.72. The van der Waals surface area contributed by atoms with Crippen LogP contribution >= 0.6 is 11.3 Å². The van der Waals surface area contributed by atoms with Crippen LogP contribution in [0.5, 0.6) is 0 Å². The second-order valence-electron chi connectivity index (χ2n) is 5.59. The molecule has 0 amide bonds. The Morgan fingerprint density at radius 2 is 2.10 bits per heavy atom. The minimum absolute atomic E-state index is 0.990. The number of nitrogens with zero attached hydrogens (tertiary/aromatic N) is 4. The number of pyridine rings is 1. The predicted octanol–water partition coefficient (Wildman–Crippen LogP) is 3.36. The third kappa shape index (κ3) is 2.36. The summed E-state index contributed by atoms with van der Waals surface area (Å²) in [5.74, 6) is 0. The monoisotopic (exact) mass is 298 g/mol. The molecular formula is C16H18N4S. The summed E-state index contributed by atoms with van der Waals surface area (Å²) in [5.41, 5.74) is 4.43. The van der Waals surface area contributed by atoms with E-state index in [4.69, 9.17) is 0 Å². The number of hydrogen-bond donors (Lipinski definition) is 0. The van der Waals surface area contributed by atoms with Crippen molar-refractivity contribution in [3.8, 4) is 11.4 Å². The van der Waals surface area contributed by atoms with Crippen molar-refractivity contribution in [2.45, 2.75) is 26.3 Å². The Bertz CT molecular complexity index is 768. The average Bonchev–Trinajstić information content (AvgIpc) is 3.18. The van der Waals surface area contributed by atoms with Crippen LogP contribution in [0.4, 0.5) is 0 Å². The molecule has 5 heteroatoms. The Morgan fingerprint density at radius 1 is 1.24 bits per heavy atom. The number of thiazole rings is 1. The largest absolute Gasteiger partial charge is 0.298 e. The average molecular weight is 298 g/mol. The van der Waals surface area contributed by atoms with Gasteiger partial charge in [0.1, 0.15) is 5.65 Å². The number of aryl methyl sites for hydroxylation is 1. The van der Waals surface area contributed by atoms with E-state index in [-0.39, 0.29) is 0 Å². The lowest BCUT2D eigenvalue weighted by atomic mass is 10.3. The Kier molecular flexibility index (Phi) is 3.24. The molecule has 3 aromatic rings. The molecule has 4 nitrogen and oxygen atoms in total. The summed E-state index contributed by atoms with van der Waals surface area (Å²) in [5, 5.41) is 3.21. The van der Waals surface area contributed by atoms with Crippen LogP contribution in [0.2, 0.25) is 0 Å².